The third-order valence-electron chi connectivity index (χ3n) is 3.17. The summed E-state index contributed by atoms with van der Waals surface area (Å²) in [7, 11) is 0. The Morgan fingerprint density at radius 2 is 1.78 bits per heavy atom. The molecule has 3 heteroatoms. The summed E-state index contributed by atoms with van der Waals surface area (Å²) in [6.45, 7) is 0. The average molecular weight is 270 g/mol. The lowest BCUT2D eigenvalue weighted by Crippen LogP contribution is -1.75. The molecule has 0 aliphatic carbocycles. The lowest BCUT2D eigenvalue weighted by molar-refractivity contribution is 1.44. The highest BCUT2D eigenvalue weighted by molar-refractivity contribution is 7.26. The Kier molecular flexibility index (Phi) is 2.10. The molecular weight excluding hydrogens is 262 g/mol. The van der Waals surface area contributed by atoms with Crippen LogP contribution < -0.4 is 0 Å². The van der Waals surface area contributed by atoms with Crippen molar-refractivity contribution in [3.63, 3.8) is 0 Å². The van der Waals surface area contributed by atoms with Gasteiger partial charge in [0.2, 0.25) is 0 Å². The number of halogens is 1. The summed E-state index contributed by atoms with van der Waals surface area (Å²) in [5.41, 5.74) is 1.01. The molecule has 1 nitrogen and oxygen atoms in total. The molecular formula is C15H8ClNS. The fourth-order valence-electron chi connectivity index (χ4n) is 2.31. The van der Waals surface area contributed by atoms with Crippen molar-refractivity contribution in [3.8, 4) is 0 Å². The van der Waals surface area contributed by atoms with Gasteiger partial charge in [-0.25, -0.2) is 0 Å². The Balaban J connectivity index is 2.27. The first-order valence-corrected chi connectivity index (χ1v) is 6.88. The van der Waals surface area contributed by atoms with Crippen LogP contribution >= 0.6 is 22.9 Å². The zero-order valence-electron chi connectivity index (χ0n) is 9.35. The maximum atomic E-state index is 6.23. The quantitative estimate of drug-likeness (QED) is 0.424. The van der Waals surface area contributed by atoms with Crippen LogP contribution in [0.15, 0.2) is 48.7 Å². The van der Waals surface area contributed by atoms with Crippen molar-refractivity contribution in [1.29, 1.82) is 0 Å². The number of benzene rings is 2. The zero-order chi connectivity index (χ0) is 12.1. The van der Waals surface area contributed by atoms with Gasteiger partial charge in [-0.1, -0.05) is 35.9 Å². The van der Waals surface area contributed by atoms with Gasteiger partial charge in [0, 0.05) is 16.3 Å². The molecule has 0 atom stereocenters. The van der Waals surface area contributed by atoms with Crippen LogP contribution in [0.25, 0.3) is 31.1 Å². The predicted molar refractivity (Wildman–Crippen MR) is 79.6 cm³/mol. The minimum Gasteiger partial charge on any atom is -0.255 e. The molecule has 0 amide bonds. The minimum absolute atomic E-state index is 0.783. The molecule has 4 rings (SSSR count). The third-order valence-corrected chi connectivity index (χ3v) is 4.77. The summed E-state index contributed by atoms with van der Waals surface area (Å²) in [5, 5.41) is 4.47. The van der Waals surface area contributed by atoms with Crippen molar-refractivity contribution in [2.75, 3.05) is 0 Å². The molecule has 2 aromatic heterocycles. The highest BCUT2D eigenvalue weighted by atomic mass is 35.5. The maximum Gasteiger partial charge on any atom is 0.0903 e. The molecule has 0 spiro atoms. The van der Waals surface area contributed by atoms with Crippen LogP contribution in [0.1, 0.15) is 0 Å². The summed E-state index contributed by atoms with van der Waals surface area (Å²) in [5.74, 6) is 0. The number of thiophene rings is 1. The Morgan fingerprint density at radius 1 is 1.00 bits per heavy atom. The first-order chi connectivity index (χ1) is 8.83. The molecule has 18 heavy (non-hydrogen) atoms. The molecule has 0 N–H and O–H groups in total. The van der Waals surface area contributed by atoms with Gasteiger partial charge in [-0.05, 0) is 29.0 Å². The van der Waals surface area contributed by atoms with E-state index in [-0.39, 0.29) is 0 Å². The molecule has 2 aromatic carbocycles. The van der Waals surface area contributed by atoms with Crippen LogP contribution in [-0.4, -0.2) is 4.98 Å². The van der Waals surface area contributed by atoms with Crippen molar-refractivity contribution < 1.29 is 0 Å². The van der Waals surface area contributed by atoms with Crippen molar-refractivity contribution >= 4 is 54.0 Å². The fraction of sp³-hybridized carbons (Fsp3) is 0. The van der Waals surface area contributed by atoms with Crippen LogP contribution in [-0.2, 0) is 0 Å². The van der Waals surface area contributed by atoms with Crippen LogP contribution in [0.5, 0.6) is 0 Å². The van der Waals surface area contributed by atoms with E-state index in [1.54, 1.807) is 17.5 Å². The van der Waals surface area contributed by atoms with Gasteiger partial charge in [0.15, 0.2) is 0 Å². The minimum atomic E-state index is 0.783. The molecule has 4 aromatic rings. The SMILES string of the molecule is Clc1ccnc2c1sc1cc3ccccc3cc12. The topological polar surface area (TPSA) is 12.9 Å². The normalized spacial score (nSPS) is 11.6. The van der Waals surface area contributed by atoms with Gasteiger partial charge in [-0.2, -0.15) is 0 Å². The smallest absolute Gasteiger partial charge is 0.0903 e. The first-order valence-electron chi connectivity index (χ1n) is 5.68. The summed E-state index contributed by atoms with van der Waals surface area (Å²) in [4.78, 5) is 4.46. The Labute approximate surface area is 113 Å². The molecule has 86 valence electrons. The number of aromatic nitrogens is 1. The molecule has 0 saturated heterocycles. The maximum absolute atomic E-state index is 6.23. The van der Waals surface area contributed by atoms with E-state index >= 15 is 0 Å². The van der Waals surface area contributed by atoms with E-state index in [9.17, 15) is 0 Å². The molecule has 0 fully saturated rings. The van der Waals surface area contributed by atoms with Gasteiger partial charge < -0.3 is 0 Å². The summed E-state index contributed by atoms with van der Waals surface area (Å²) >= 11 is 7.94. The van der Waals surface area contributed by atoms with Gasteiger partial charge in [-0.3, -0.25) is 4.98 Å². The molecule has 0 aliphatic rings. The molecule has 0 bridgehead atoms. The summed E-state index contributed by atoms with van der Waals surface area (Å²) in [6.07, 6.45) is 1.77. The van der Waals surface area contributed by atoms with Crippen molar-refractivity contribution in [1.82, 2.24) is 4.98 Å². The van der Waals surface area contributed by atoms with Gasteiger partial charge in [0.1, 0.15) is 0 Å². The zero-order valence-corrected chi connectivity index (χ0v) is 10.9. The highest BCUT2D eigenvalue weighted by Gasteiger charge is 2.09. The first kappa shape index (κ1) is 10.3. The van der Waals surface area contributed by atoms with Gasteiger partial charge >= 0.3 is 0 Å². The van der Waals surface area contributed by atoms with E-state index in [0.29, 0.717) is 0 Å². The number of hydrogen-bond donors (Lipinski definition) is 0. The van der Waals surface area contributed by atoms with Gasteiger partial charge in [0.05, 0.1) is 15.2 Å². The Bertz CT molecular complexity index is 895. The molecule has 0 saturated carbocycles. The van der Waals surface area contributed by atoms with Gasteiger partial charge in [-0.15, -0.1) is 11.3 Å². The van der Waals surface area contributed by atoms with Crippen molar-refractivity contribution in [2.24, 2.45) is 0 Å². The third kappa shape index (κ3) is 1.36. The number of rotatable bonds is 0. The molecule has 2 heterocycles. The molecule has 0 radical (unpaired) electrons. The van der Waals surface area contributed by atoms with Crippen LogP contribution in [0.3, 0.4) is 0 Å². The van der Waals surface area contributed by atoms with Crippen LogP contribution in [0.4, 0.5) is 0 Å². The second-order valence-electron chi connectivity index (χ2n) is 4.27. The van der Waals surface area contributed by atoms with E-state index in [0.717, 1.165) is 15.2 Å². The second-order valence-corrected chi connectivity index (χ2v) is 5.73. The van der Waals surface area contributed by atoms with Crippen molar-refractivity contribution in [2.45, 2.75) is 0 Å². The number of pyridine rings is 1. The van der Waals surface area contributed by atoms with Crippen molar-refractivity contribution in [3.05, 3.63) is 53.7 Å². The van der Waals surface area contributed by atoms with E-state index in [1.165, 1.54) is 20.9 Å². The predicted octanol–water partition coefficient (Wildman–Crippen LogP) is 5.26. The molecule has 0 aliphatic heterocycles. The number of hydrogen-bond acceptors (Lipinski definition) is 2. The molecule has 0 unspecified atom stereocenters. The number of fused-ring (bicyclic) bond motifs is 4. The standard InChI is InChI=1S/C15H8ClNS/c16-12-5-6-17-14-11-7-9-3-1-2-4-10(9)8-13(11)18-15(12)14/h1-8H. The highest BCUT2D eigenvalue weighted by Crippen LogP contribution is 2.38. The van der Waals surface area contributed by atoms with E-state index < -0.39 is 0 Å². The fourth-order valence-corrected chi connectivity index (χ4v) is 3.67. The van der Waals surface area contributed by atoms with Crippen LogP contribution in [0, 0.1) is 0 Å². The lowest BCUT2D eigenvalue weighted by atomic mass is 10.1. The lowest BCUT2D eigenvalue weighted by Gasteiger charge is -1.97. The van der Waals surface area contributed by atoms with E-state index in [2.05, 4.69) is 41.4 Å². The van der Waals surface area contributed by atoms with Gasteiger partial charge in [0.25, 0.3) is 0 Å². The van der Waals surface area contributed by atoms with E-state index in [4.69, 9.17) is 11.6 Å². The largest absolute Gasteiger partial charge is 0.255 e. The monoisotopic (exact) mass is 269 g/mol. The summed E-state index contributed by atoms with van der Waals surface area (Å²) in [6, 6.07) is 14.6. The Morgan fingerprint density at radius 3 is 2.61 bits per heavy atom. The summed E-state index contributed by atoms with van der Waals surface area (Å²) < 4.78 is 2.31. The van der Waals surface area contributed by atoms with E-state index in [1.807, 2.05) is 6.07 Å². The number of nitrogens with zero attached hydrogens (tertiary/aromatic N) is 1. The second kappa shape index (κ2) is 3.67. The average Bonchev–Trinajstić information content (AvgIpc) is 2.76. The Hall–Kier alpha value is -1.64. The van der Waals surface area contributed by atoms with Crippen LogP contribution in [0.2, 0.25) is 5.02 Å².